The maximum atomic E-state index is 13.8. The van der Waals surface area contributed by atoms with Crippen LogP contribution in [0.4, 0.5) is 4.39 Å². The van der Waals surface area contributed by atoms with Crippen LogP contribution in [0.3, 0.4) is 0 Å². The Hall–Kier alpha value is -0.740. The Labute approximate surface area is 108 Å². The average molecular weight is 275 g/mol. The maximum Gasteiger partial charge on any atom is 0.314 e. The molecule has 0 aromatic heterocycles. The quantitative estimate of drug-likeness (QED) is 0.854. The van der Waals surface area contributed by atoms with Crippen LogP contribution in [0, 0.1) is 5.82 Å². The molecule has 1 aromatic carbocycles. The number of hydrogen-bond acceptors (Lipinski definition) is 2. The molecule has 1 N–H and O–H groups in total. The zero-order valence-electron chi connectivity index (χ0n) is 9.30. The lowest BCUT2D eigenvalue weighted by atomic mass is 9.64. The van der Waals surface area contributed by atoms with Crippen LogP contribution in [0.2, 0.25) is 5.02 Å². The monoisotopic (exact) mass is 274 g/mol. The van der Waals surface area contributed by atoms with Gasteiger partial charge in [-0.2, -0.15) is 0 Å². The van der Waals surface area contributed by atoms with Gasteiger partial charge in [0.15, 0.2) is 0 Å². The normalized spacial score (nSPS) is 17.6. The highest BCUT2D eigenvalue weighted by molar-refractivity contribution is 7.98. The SMILES string of the molecule is CSc1c(F)cc(C2(C(=O)O)CCC2)cc1Cl. The first-order valence-electron chi connectivity index (χ1n) is 5.28. The van der Waals surface area contributed by atoms with Gasteiger partial charge >= 0.3 is 5.97 Å². The first-order chi connectivity index (χ1) is 8.01. The van der Waals surface area contributed by atoms with Crippen molar-refractivity contribution in [3.05, 3.63) is 28.5 Å². The number of carboxylic acid groups (broad SMARTS) is 1. The molecular formula is C12H12ClFO2S. The Morgan fingerprint density at radius 3 is 2.53 bits per heavy atom. The van der Waals surface area contributed by atoms with E-state index in [0.717, 1.165) is 6.42 Å². The van der Waals surface area contributed by atoms with Crippen LogP contribution in [0.25, 0.3) is 0 Å². The Bertz CT molecular complexity index is 449. The zero-order chi connectivity index (χ0) is 12.6. The van der Waals surface area contributed by atoms with Gasteiger partial charge < -0.3 is 5.11 Å². The number of rotatable bonds is 3. The van der Waals surface area contributed by atoms with Crippen molar-refractivity contribution in [1.29, 1.82) is 0 Å². The van der Waals surface area contributed by atoms with E-state index < -0.39 is 17.2 Å². The first kappa shape index (κ1) is 12.7. The summed E-state index contributed by atoms with van der Waals surface area (Å²) in [6, 6.07) is 2.90. The highest BCUT2D eigenvalue weighted by Gasteiger charge is 2.46. The van der Waals surface area contributed by atoms with E-state index in [4.69, 9.17) is 11.6 Å². The molecule has 1 aliphatic carbocycles. The molecule has 92 valence electrons. The zero-order valence-corrected chi connectivity index (χ0v) is 10.9. The van der Waals surface area contributed by atoms with Crippen LogP contribution in [-0.4, -0.2) is 17.3 Å². The topological polar surface area (TPSA) is 37.3 Å². The molecule has 0 spiro atoms. The van der Waals surface area contributed by atoms with Crippen LogP contribution in [0.15, 0.2) is 17.0 Å². The summed E-state index contributed by atoms with van der Waals surface area (Å²) in [6.45, 7) is 0. The summed E-state index contributed by atoms with van der Waals surface area (Å²) in [5.74, 6) is -1.33. The van der Waals surface area contributed by atoms with E-state index in [1.165, 1.54) is 17.8 Å². The fourth-order valence-electron chi connectivity index (χ4n) is 2.19. The molecule has 0 bridgehead atoms. The Balaban J connectivity index is 2.50. The van der Waals surface area contributed by atoms with E-state index in [2.05, 4.69) is 0 Å². The molecule has 5 heteroatoms. The maximum absolute atomic E-state index is 13.8. The van der Waals surface area contributed by atoms with Gasteiger partial charge in [0, 0.05) is 0 Å². The van der Waals surface area contributed by atoms with Gasteiger partial charge in [-0.25, -0.2) is 4.39 Å². The van der Waals surface area contributed by atoms with Crippen LogP contribution >= 0.6 is 23.4 Å². The molecule has 17 heavy (non-hydrogen) atoms. The Morgan fingerprint density at radius 2 is 2.18 bits per heavy atom. The van der Waals surface area contributed by atoms with E-state index in [1.54, 1.807) is 12.3 Å². The third-order valence-electron chi connectivity index (χ3n) is 3.37. The summed E-state index contributed by atoms with van der Waals surface area (Å²) in [5, 5.41) is 9.57. The van der Waals surface area contributed by atoms with Gasteiger partial charge in [0.2, 0.25) is 0 Å². The summed E-state index contributed by atoms with van der Waals surface area (Å²) >= 11 is 7.19. The van der Waals surface area contributed by atoms with Crippen LogP contribution in [0.1, 0.15) is 24.8 Å². The van der Waals surface area contributed by atoms with E-state index in [-0.39, 0.29) is 0 Å². The fourth-order valence-corrected chi connectivity index (χ4v) is 3.13. The average Bonchev–Trinajstić information content (AvgIpc) is 2.14. The van der Waals surface area contributed by atoms with Gasteiger partial charge in [0.25, 0.3) is 0 Å². The summed E-state index contributed by atoms with van der Waals surface area (Å²) in [7, 11) is 0. The molecule has 0 unspecified atom stereocenters. The van der Waals surface area contributed by atoms with Gasteiger partial charge in [-0.1, -0.05) is 18.0 Å². The van der Waals surface area contributed by atoms with Gasteiger partial charge in [-0.3, -0.25) is 4.79 Å². The second-order valence-electron chi connectivity index (χ2n) is 4.21. The highest BCUT2D eigenvalue weighted by atomic mass is 35.5. The van der Waals surface area contributed by atoms with Crippen LogP contribution < -0.4 is 0 Å². The van der Waals surface area contributed by atoms with Gasteiger partial charge in [-0.05, 0) is 36.8 Å². The van der Waals surface area contributed by atoms with Crippen molar-refractivity contribution in [3.63, 3.8) is 0 Å². The number of benzene rings is 1. The molecular weight excluding hydrogens is 263 g/mol. The fraction of sp³-hybridized carbons (Fsp3) is 0.417. The predicted octanol–water partition coefficient (Wildman–Crippen LogP) is 3.71. The van der Waals surface area contributed by atoms with Crippen molar-refractivity contribution < 1.29 is 14.3 Å². The van der Waals surface area contributed by atoms with Crippen molar-refractivity contribution in [3.8, 4) is 0 Å². The van der Waals surface area contributed by atoms with Crippen LogP contribution in [0.5, 0.6) is 0 Å². The molecule has 0 amide bonds. The van der Waals surface area contributed by atoms with E-state index >= 15 is 0 Å². The molecule has 0 aliphatic heterocycles. The lowest BCUT2D eigenvalue weighted by Gasteiger charge is -2.38. The first-order valence-corrected chi connectivity index (χ1v) is 6.88. The third-order valence-corrected chi connectivity index (χ3v) is 4.60. The van der Waals surface area contributed by atoms with Crippen molar-refractivity contribution >= 4 is 29.3 Å². The van der Waals surface area contributed by atoms with E-state index in [1.807, 2.05) is 0 Å². The highest BCUT2D eigenvalue weighted by Crippen LogP contribution is 2.46. The number of thioether (sulfide) groups is 1. The van der Waals surface area contributed by atoms with Crippen molar-refractivity contribution in [2.24, 2.45) is 0 Å². The van der Waals surface area contributed by atoms with Gasteiger partial charge in [0.1, 0.15) is 5.82 Å². The lowest BCUT2D eigenvalue weighted by molar-refractivity contribution is -0.147. The lowest BCUT2D eigenvalue weighted by Crippen LogP contribution is -2.42. The van der Waals surface area contributed by atoms with Crippen molar-refractivity contribution in [1.82, 2.24) is 0 Å². The minimum absolute atomic E-state index is 0.292. The van der Waals surface area contributed by atoms with Crippen molar-refractivity contribution in [2.45, 2.75) is 29.6 Å². The molecule has 0 atom stereocenters. The Morgan fingerprint density at radius 1 is 1.53 bits per heavy atom. The Kier molecular flexibility index (Phi) is 3.36. The number of carboxylic acids is 1. The second kappa shape index (κ2) is 4.50. The third kappa shape index (κ3) is 1.93. The molecule has 1 aliphatic rings. The summed E-state index contributed by atoms with van der Waals surface area (Å²) in [4.78, 5) is 11.7. The minimum atomic E-state index is -0.929. The molecule has 0 saturated heterocycles. The number of halogens is 2. The molecule has 2 rings (SSSR count). The second-order valence-corrected chi connectivity index (χ2v) is 5.44. The summed E-state index contributed by atoms with van der Waals surface area (Å²) in [6.07, 6.45) is 3.70. The van der Waals surface area contributed by atoms with E-state index in [9.17, 15) is 14.3 Å². The number of carbonyl (C=O) groups is 1. The standard InChI is InChI=1S/C12H12ClFO2S/c1-17-10-8(13)5-7(6-9(10)14)12(11(15)16)3-2-4-12/h5-6H,2-4H2,1H3,(H,15,16). The van der Waals surface area contributed by atoms with Crippen LogP contribution in [-0.2, 0) is 10.2 Å². The molecule has 1 aromatic rings. The molecule has 2 nitrogen and oxygen atoms in total. The summed E-state index contributed by atoms with van der Waals surface area (Å²) in [5.41, 5.74) is -0.446. The molecule has 0 heterocycles. The van der Waals surface area contributed by atoms with Gasteiger partial charge in [-0.15, -0.1) is 11.8 Å². The summed E-state index contributed by atoms with van der Waals surface area (Å²) < 4.78 is 13.8. The number of aliphatic carboxylic acids is 1. The van der Waals surface area contributed by atoms with Gasteiger partial charge in [0.05, 0.1) is 15.3 Å². The molecule has 1 saturated carbocycles. The molecule has 0 radical (unpaired) electrons. The predicted molar refractivity (Wildman–Crippen MR) is 66.4 cm³/mol. The smallest absolute Gasteiger partial charge is 0.314 e. The molecule has 1 fully saturated rings. The number of hydrogen-bond donors (Lipinski definition) is 1. The minimum Gasteiger partial charge on any atom is -0.481 e. The largest absolute Gasteiger partial charge is 0.481 e. The van der Waals surface area contributed by atoms with E-state index in [0.29, 0.717) is 28.3 Å². The van der Waals surface area contributed by atoms with Crippen molar-refractivity contribution in [2.75, 3.05) is 6.26 Å².